The lowest BCUT2D eigenvalue weighted by Gasteiger charge is -2.34. The van der Waals surface area contributed by atoms with Crippen molar-refractivity contribution >= 4 is 11.8 Å². The van der Waals surface area contributed by atoms with Crippen LogP contribution in [-0.4, -0.2) is 35.8 Å². The van der Waals surface area contributed by atoms with Gasteiger partial charge in [0.05, 0.1) is 11.8 Å². The summed E-state index contributed by atoms with van der Waals surface area (Å²) in [5.41, 5.74) is 0. The molecule has 0 aromatic carbocycles. The average molecular weight is 222 g/mol. The molecule has 88 valence electrons. The number of hydrogen-bond donors (Lipinski definition) is 1. The number of piperidine rings is 2. The predicted octanol–water partition coefficient (Wildman–Crippen LogP) is 0.379. The normalized spacial score (nSPS) is 39.8. The molecule has 3 aliphatic rings. The van der Waals surface area contributed by atoms with Crippen molar-refractivity contribution in [3.63, 3.8) is 0 Å². The molecule has 0 radical (unpaired) electrons. The molecule has 4 unspecified atom stereocenters. The van der Waals surface area contributed by atoms with Gasteiger partial charge >= 0.3 is 0 Å². The summed E-state index contributed by atoms with van der Waals surface area (Å²) in [7, 11) is 0. The van der Waals surface area contributed by atoms with E-state index < -0.39 is 0 Å². The summed E-state index contributed by atoms with van der Waals surface area (Å²) in [4.78, 5) is 25.4. The van der Waals surface area contributed by atoms with Crippen LogP contribution in [0.15, 0.2) is 0 Å². The van der Waals surface area contributed by atoms with Crippen molar-refractivity contribution in [1.29, 1.82) is 0 Å². The Balaban J connectivity index is 1.72. The fourth-order valence-corrected chi connectivity index (χ4v) is 3.11. The van der Waals surface area contributed by atoms with Gasteiger partial charge in [0, 0.05) is 6.04 Å². The average Bonchev–Trinajstić information content (AvgIpc) is 3.05. The van der Waals surface area contributed by atoms with E-state index in [1.54, 1.807) is 4.90 Å². The smallest absolute Gasteiger partial charge is 0.233 e. The number of amides is 2. The maximum Gasteiger partial charge on any atom is 0.233 e. The Morgan fingerprint density at radius 1 is 1.31 bits per heavy atom. The SMILES string of the molecule is CC(C1CCCNC1)N1C(=O)C2CC2C1=O. The zero-order valence-electron chi connectivity index (χ0n) is 9.61. The molecule has 3 fully saturated rings. The molecule has 0 spiro atoms. The van der Waals surface area contributed by atoms with E-state index in [4.69, 9.17) is 0 Å². The second-order valence-corrected chi connectivity index (χ2v) is 5.34. The first kappa shape index (κ1) is 10.3. The van der Waals surface area contributed by atoms with Crippen molar-refractivity contribution in [1.82, 2.24) is 10.2 Å². The highest BCUT2D eigenvalue weighted by Crippen LogP contribution is 2.48. The van der Waals surface area contributed by atoms with Gasteiger partial charge in [0.15, 0.2) is 0 Å². The molecule has 0 aromatic heterocycles. The standard InChI is InChI=1S/C12H18N2O2/c1-7(8-3-2-4-13-6-8)14-11(15)9-5-10(9)12(14)16/h7-10,13H,2-6H2,1H3. The van der Waals surface area contributed by atoms with Crippen LogP contribution in [0.1, 0.15) is 26.2 Å². The Hall–Kier alpha value is -0.900. The lowest BCUT2D eigenvalue weighted by molar-refractivity contribution is -0.145. The number of nitrogens with one attached hydrogen (secondary N) is 1. The molecule has 2 amide bonds. The van der Waals surface area contributed by atoms with Gasteiger partial charge in [-0.15, -0.1) is 0 Å². The second kappa shape index (κ2) is 3.55. The zero-order valence-corrected chi connectivity index (χ0v) is 9.61. The van der Waals surface area contributed by atoms with Gasteiger partial charge in [-0.1, -0.05) is 0 Å². The Morgan fingerprint density at radius 2 is 2.00 bits per heavy atom. The largest absolute Gasteiger partial charge is 0.316 e. The van der Waals surface area contributed by atoms with E-state index in [2.05, 4.69) is 5.32 Å². The van der Waals surface area contributed by atoms with Crippen molar-refractivity contribution in [2.75, 3.05) is 13.1 Å². The lowest BCUT2D eigenvalue weighted by atomic mass is 9.91. The molecular formula is C12H18N2O2. The molecule has 2 saturated heterocycles. The highest BCUT2D eigenvalue weighted by Gasteiger charge is 2.60. The summed E-state index contributed by atoms with van der Waals surface area (Å²) in [6.45, 7) is 4.03. The van der Waals surface area contributed by atoms with Gasteiger partial charge in [-0.3, -0.25) is 14.5 Å². The maximum atomic E-state index is 11.9. The molecule has 0 aromatic rings. The van der Waals surface area contributed by atoms with Crippen molar-refractivity contribution in [3.8, 4) is 0 Å². The number of hydrogen-bond acceptors (Lipinski definition) is 3. The van der Waals surface area contributed by atoms with Crippen LogP contribution >= 0.6 is 0 Å². The first-order chi connectivity index (χ1) is 7.70. The quantitative estimate of drug-likeness (QED) is 0.687. The Bertz CT molecular complexity index is 316. The number of nitrogens with zero attached hydrogens (tertiary/aromatic N) is 1. The molecule has 4 atom stereocenters. The van der Waals surface area contributed by atoms with Crippen LogP contribution < -0.4 is 5.32 Å². The minimum absolute atomic E-state index is 0.0477. The molecule has 2 aliphatic heterocycles. The summed E-state index contributed by atoms with van der Waals surface area (Å²) >= 11 is 0. The third-order valence-electron chi connectivity index (χ3n) is 4.32. The topological polar surface area (TPSA) is 49.4 Å². The van der Waals surface area contributed by atoms with E-state index in [1.807, 2.05) is 6.92 Å². The van der Waals surface area contributed by atoms with E-state index >= 15 is 0 Å². The maximum absolute atomic E-state index is 11.9. The van der Waals surface area contributed by atoms with Crippen molar-refractivity contribution in [2.24, 2.45) is 17.8 Å². The minimum Gasteiger partial charge on any atom is -0.316 e. The number of likely N-dealkylation sites (tertiary alicyclic amines) is 1. The van der Waals surface area contributed by atoms with Crippen LogP contribution in [0.25, 0.3) is 0 Å². The third kappa shape index (κ3) is 1.39. The van der Waals surface area contributed by atoms with Gasteiger partial charge < -0.3 is 5.32 Å². The van der Waals surface area contributed by atoms with E-state index in [0.717, 1.165) is 32.4 Å². The highest BCUT2D eigenvalue weighted by molar-refractivity contribution is 6.09. The van der Waals surface area contributed by atoms with Crippen LogP contribution in [0.4, 0.5) is 0 Å². The van der Waals surface area contributed by atoms with Crippen molar-refractivity contribution < 1.29 is 9.59 Å². The van der Waals surface area contributed by atoms with Gasteiger partial charge in [0.1, 0.15) is 0 Å². The fourth-order valence-electron chi connectivity index (χ4n) is 3.11. The molecule has 3 rings (SSSR count). The molecule has 16 heavy (non-hydrogen) atoms. The summed E-state index contributed by atoms with van der Waals surface area (Å²) in [6.07, 6.45) is 3.09. The second-order valence-electron chi connectivity index (χ2n) is 5.34. The van der Waals surface area contributed by atoms with Gasteiger partial charge in [0.2, 0.25) is 11.8 Å². The van der Waals surface area contributed by atoms with E-state index in [1.165, 1.54) is 0 Å². The molecule has 4 nitrogen and oxygen atoms in total. The van der Waals surface area contributed by atoms with Gasteiger partial charge in [-0.05, 0) is 45.2 Å². The number of imide groups is 1. The Labute approximate surface area is 95.4 Å². The summed E-state index contributed by atoms with van der Waals surface area (Å²) in [5.74, 6) is 0.721. The summed E-state index contributed by atoms with van der Waals surface area (Å²) < 4.78 is 0. The fraction of sp³-hybridized carbons (Fsp3) is 0.833. The van der Waals surface area contributed by atoms with Gasteiger partial charge in [-0.2, -0.15) is 0 Å². The number of carbonyl (C=O) groups is 2. The molecule has 0 bridgehead atoms. The van der Waals surface area contributed by atoms with E-state index in [0.29, 0.717) is 5.92 Å². The molecule has 2 heterocycles. The summed E-state index contributed by atoms with van der Waals surface area (Å²) in [6, 6.07) is 0.0839. The Kier molecular flexibility index (Phi) is 2.28. The van der Waals surface area contributed by atoms with Crippen LogP contribution in [0, 0.1) is 17.8 Å². The first-order valence-corrected chi connectivity index (χ1v) is 6.28. The van der Waals surface area contributed by atoms with Crippen LogP contribution in [-0.2, 0) is 9.59 Å². The molecular weight excluding hydrogens is 204 g/mol. The van der Waals surface area contributed by atoms with Crippen LogP contribution in [0.5, 0.6) is 0 Å². The number of fused-ring (bicyclic) bond motifs is 1. The van der Waals surface area contributed by atoms with Gasteiger partial charge in [-0.25, -0.2) is 0 Å². The van der Waals surface area contributed by atoms with Crippen LogP contribution in [0.3, 0.4) is 0 Å². The molecule has 1 N–H and O–H groups in total. The van der Waals surface area contributed by atoms with E-state index in [9.17, 15) is 9.59 Å². The first-order valence-electron chi connectivity index (χ1n) is 6.28. The minimum atomic E-state index is 0.0477. The van der Waals surface area contributed by atoms with Crippen molar-refractivity contribution in [3.05, 3.63) is 0 Å². The van der Waals surface area contributed by atoms with E-state index in [-0.39, 0.29) is 29.7 Å². The summed E-state index contributed by atoms with van der Waals surface area (Å²) in [5, 5.41) is 3.34. The Morgan fingerprint density at radius 3 is 2.56 bits per heavy atom. The molecule has 1 aliphatic carbocycles. The monoisotopic (exact) mass is 222 g/mol. The number of carbonyl (C=O) groups excluding carboxylic acids is 2. The zero-order chi connectivity index (χ0) is 11.3. The van der Waals surface area contributed by atoms with Crippen molar-refractivity contribution in [2.45, 2.75) is 32.2 Å². The van der Waals surface area contributed by atoms with Crippen LogP contribution in [0.2, 0.25) is 0 Å². The molecule has 4 heteroatoms. The third-order valence-corrected chi connectivity index (χ3v) is 4.32. The lowest BCUT2D eigenvalue weighted by Crippen LogP contribution is -2.48. The number of rotatable bonds is 2. The molecule has 1 saturated carbocycles. The predicted molar refractivity (Wildman–Crippen MR) is 58.5 cm³/mol. The van der Waals surface area contributed by atoms with Gasteiger partial charge in [0.25, 0.3) is 0 Å². The highest BCUT2D eigenvalue weighted by atomic mass is 16.2.